The number of ether oxygens (including phenoxy) is 2. The summed E-state index contributed by atoms with van der Waals surface area (Å²) in [5.41, 5.74) is 3.80. The number of methoxy groups -OCH3 is 2. The molecule has 3 rings (SSSR count). The molecule has 3 aromatic rings. The number of nitrogens with zero attached hydrogens (tertiary/aromatic N) is 2. The minimum atomic E-state index is 0.620. The molecule has 0 unspecified atom stereocenters. The molecule has 1 N–H and O–H groups in total. The molecular weight excluding hydrogens is 302 g/mol. The summed E-state index contributed by atoms with van der Waals surface area (Å²) in [5.74, 6) is 1.98. The van der Waals surface area contributed by atoms with Gasteiger partial charge in [-0.05, 0) is 36.8 Å². The molecule has 0 spiro atoms. The van der Waals surface area contributed by atoms with Crippen LogP contribution in [0.25, 0.3) is 11.3 Å². The number of hydrogen-bond acceptors (Lipinski definition) is 5. The number of nitrogens with one attached hydrogen (secondary N) is 1. The Labute approximate surface area is 141 Å². The van der Waals surface area contributed by atoms with Gasteiger partial charge in [-0.15, -0.1) is 10.2 Å². The predicted molar refractivity (Wildman–Crippen MR) is 95.0 cm³/mol. The second-order valence-electron chi connectivity index (χ2n) is 5.28. The number of para-hydroxylation sites is 1. The quantitative estimate of drug-likeness (QED) is 0.763. The molecule has 0 saturated carbocycles. The van der Waals surface area contributed by atoms with Gasteiger partial charge in [0.2, 0.25) is 0 Å². The first-order valence-corrected chi connectivity index (χ1v) is 7.60. The van der Waals surface area contributed by atoms with Crippen LogP contribution in [-0.4, -0.2) is 24.4 Å². The molecule has 5 nitrogen and oxygen atoms in total. The first kappa shape index (κ1) is 15.8. The minimum absolute atomic E-state index is 0.620. The van der Waals surface area contributed by atoms with Gasteiger partial charge < -0.3 is 14.8 Å². The Kier molecular flexibility index (Phi) is 4.61. The molecule has 0 fully saturated rings. The summed E-state index contributed by atoms with van der Waals surface area (Å²) in [5, 5.41) is 11.8. The summed E-state index contributed by atoms with van der Waals surface area (Å²) in [4.78, 5) is 0. The average molecular weight is 321 g/mol. The van der Waals surface area contributed by atoms with Crippen LogP contribution in [0.4, 0.5) is 11.5 Å². The van der Waals surface area contributed by atoms with Crippen molar-refractivity contribution in [1.82, 2.24) is 10.2 Å². The van der Waals surface area contributed by atoms with Gasteiger partial charge in [0.15, 0.2) is 5.82 Å². The standard InChI is InChI=1S/C19H19N3O2/c1-13-7-4-5-8-14(13)15-11-12-18(22-21-15)20-19-16(23-2)9-6-10-17(19)24-3/h4-12H,1-3H3,(H,20,22). The van der Waals surface area contributed by atoms with Gasteiger partial charge in [0, 0.05) is 5.56 Å². The van der Waals surface area contributed by atoms with Crippen LogP contribution in [0, 0.1) is 6.92 Å². The smallest absolute Gasteiger partial charge is 0.153 e. The van der Waals surface area contributed by atoms with E-state index >= 15 is 0 Å². The summed E-state index contributed by atoms with van der Waals surface area (Å²) in [6.45, 7) is 2.06. The molecule has 0 aliphatic carbocycles. The number of hydrogen-bond donors (Lipinski definition) is 1. The molecule has 2 aromatic carbocycles. The predicted octanol–water partition coefficient (Wildman–Crippen LogP) is 4.21. The lowest BCUT2D eigenvalue weighted by Gasteiger charge is -2.14. The summed E-state index contributed by atoms with van der Waals surface area (Å²) in [6.07, 6.45) is 0. The van der Waals surface area contributed by atoms with Gasteiger partial charge in [-0.1, -0.05) is 30.3 Å². The number of anilines is 2. The van der Waals surface area contributed by atoms with Crippen LogP contribution in [0.1, 0.15) is 5.56 Å². The summed E-state index contributed by atoms with van der Waals surface area (Å²) >= 11 is 0. The Morgan fingerprint density at radius 3 is 2.08 bits per heavy atom. The van der Waals surface area contributed by atoms with E-state index in [4.69, 9.17) is 9.47 Å². The van der Waals surface area contributed by atoms with Crippen LogP contribution in [0.2, 0.25) is 0 Å². The van der Waals surface area contributed by atoms with Crippen LogP contribution < -0.4 is 14.8 Å². The van der Waals surface area contributed by atoms with Crippen molar-refractivity contribution in [3.05, 3.63) is 60.2 Å². The fourth-order valence-corrected chi connectivity index (χ4v) is 2.51. The Balaban J connectivity index is 1.89. The first-order chi connectivity index (χ1) is 11.7. The Hall–Kier alpha value is -3.08. The van der Waals surface area contributed by atoms with Crippen LogP contribution in [0.3, 0.4) is 0 Å². The minimum Gasteiger partial charge on any atom is -0.494 e. The molecule has 0 radical (unpaired) electrons. The second-order valence-corrected chi connectivity index (χ2v) is 5.28. The van der Waals surface area contributed by atoms with Crippen molar-refractivity contribution in [2.45, 2.75) is 6.92 Å². The highest BCUT2D eigenvalue weighted by atomic mass is 16.5. The molecule has 0 aliphatic rings. The monoisotopic (exact) mass is 321 g/mol. The van der Waals surface area contributed by atoms with Gasteiger partial charge in [-0.3, -0.25) is 0 Å². The molecule has 0 atom stereocenters. The zero-order valence-corrected chi connectivity index (χ0v) is 13.9. The molecule has 122 valence electrons. The number of rotatable bonds is 5. The Morgan fingerprint density at radius 1 is 0.792 bits per heavy atom. The summed E-state index contributed by atoms with van der Waals surface area (Å²) in [7, 11) is 3.24. The van der Waals surface area contributed by atoms with E-state index in [9.17, 15) is 0 Å². The van der Waals surface area contributed by atoms with Gasteiger partial charge >= 0.3 is 0 Å². The lowest BCUT2D eigenvalue weighted by molar-refractivity contribution is 0.398. The highest BCUT2D eigenvalue weighted by Gasteiger charge is 2.11. The third kappa shape index (κ3) is 3.15. The van der Waals surface area contributed by atoms with Crippen molar-refractivity contribution >= 4 is 11.5 Å². The van der Waals surface area contributed by atoms with E-state index in [2.05, 4.69) is 28.5 Å². The largest absolute Gasteiger partial charge is 0.494 e. The van der Waals surface area contributed by atoms with E-state index in [0.29, 0.717) is 17.3 Å². The van der Waals surface area contributed by atoms with Gasteiger partial charge in [0.05, 0.1) is 19.9 Å². The fraction of sp³-hybridized carbons (Fsp3) is 0.158. The molecule has 0 bridgehead atoms. The fourth-order valence-electron chi connectivity index (χ4n) is 2.51. The molecule has 0 aliphatic heterocycles. The first-order valence-electron chi connectivity index (χ1n) is 7.60. The van der Waals surface area contributed by atoms with Crippen molar-refractivity contribution in [1.29, 1.82) is 0 Å². The summed E-state index contributed by atoms with van der Waals surface area (Å²) in [6, 6.07) is 17.5. The van der Waals surface area contributed by atoms with Crippen molar-refractivity contribution in [3.8, 4) is 22.8 Å². The lowest BCUT2D eigenvalue weighted by Crippen LogP contribution is -2.01. The van der Waals surface area contributed by atoms with Crippen molar-refractivity contribution in [3.63, 3.8) is 0 Å². The van der Waals surface area contributed by atoms with E-state index in [0.717, 1.165) is 16.9 Å². The zero-order valence-electron chi connectivity index (χ0n) is 13.9. The van der Waals surface area contributed by atoms with Gasteiger partial charge in [0.25, 0.3) is 0 Å². The zero-order chi connectivity index (χ0) is 16.9. The maximum atomic E-state index is 5.38. The topological polar surface area (TPSA) is 56.3 Å². The van der Waals surface area contributed by atoms with Crippen LogP contribution in [-0.2, 0) is 0 Å². The molecule has 24 heavy (non-hydrogen) atoms. The van der Waals surface area contributed by atoms with E-state index in [-0.39, 0.29) is 0 Å². The van der Waals surface area contributed by atoms with E-state index in [1.165, 1.54) is 5.56 Å². The number of aryl methyl sites for hydroxylation is 1. The maximum absolute atomic E-state index is 5.38. The average Bonchev–Trinajstić information content (AvgIpc) is 2.63. The van der Waals surface area contributed by atoms with Crippen LogP contribution >= 0.6 is 0 Å². The normalized spacial score (nSPS) is 10.3. The summed E-state index contributed by atoms with van der Waals surface area (Å²) < 4.78 is 10.8. The van der Waals surface area contributed by atoms with Gasteiger partial charge in [-0.25, -0.2) is 0 Å². The van der Waals surface area contributed by atoms with Crippen LogP contribution in [0.5, 0.6) is 11.5 Å². The van der Waals surface area contributed by atoms with E-state index in [1.807, 2.05) is 48.5 Å². The van der Waals surface area contributed by atoms with Crippen molar-refractivity contribution in [2.75, 3.05) is 19.5 Å². The second kappa shape index (κ2) is 7.00. The van der Waals surface area contributed by atoms with Gasteiger partial charge in [0.1, 0.15) is 17.2 Å². The Bertz CT molecular complexity index is 810. The van der Waals surface area contributed by atoms with Gasteiger partial charge in [-0.2, -0.15) is 0 Å². The van der Waals surface area contributed by atoms with Crippen molar-refractivity contribution < 1.29 is 9.47 Å². The molecule has 1 aromatic heterocycles. The highest BCUT2D eigenvalue weighted by molar-refractivity contribution is 5.72. The third-order valence-electron chi connectivity index (χ3n) is 3.77. The molecule has 0 saturated heterocycles. The van der Waals surface area contributed by atoms with E-state index in [1.54, 1.807) is 14.2 Å². The SMILES string of the molecule is COc1cccc(OC)c1Nc1ccc(-c2ccccc2C)nn1. The van der Waals surface area contributed by atoms with Crippen molar-refractivity contribution in [2.24, 2.45) is 0 Å². The van der Waals surface area contributed by atoms with Crippen LogP contribution in [0.15, 0.2) is 54.6 Å². The molecular formula is C19H19N3O2. The molecule has 0 amide bonds. The lowest BCUT2D eigenvalue weighted by atomic mass is 10.1. The highest BCUT2D eigenvalue weighted by Crippen LogP contribution is 2.36. The number of aromatic nitrogens is 2. The third-order valence-corrected chi connectivity index (χ3v) is 3.77. The molecule has 5 heteroatoms. The molecule has 1 heterocycles. The Morgan fingerprint density at radius 2 is 1.50 bits per heavy atom. The number of benzene rings is 2. The maximum Gasteiger partial charge on any atom is 0.153 e. The van der Waals surface area contributed by atoms with E-state index < -0.39 is 0 Å².